The molecule has 0 aromatic carbocycles. The maximum Gasteiger partial charge on any atom is 0.270 e. The molecule has 2 aliphatic rings. The van der Waals surface area contributed by atoms with Gasteiger partial charge in [-0.15, -0.1) is 0 Å². The summed E-state index contributed by atoms with van der Waals surface area (Å²) in [4.78, 5) is 14.5. The van der Waals surface area contributed by atoms with Gasteiger partial charge in [0, 0.05) is 30.4 Å². The van der Waals surface area contributed by atoms with E-state index >= 15 is 0 Å². The third-order valence-corrected chi connectivity index (χ3v) is 4.56. The van der Waals surface area contributed by atoms with Gasteiger partial charge >= 0.3 is 0 Å². The first-order valence-corrected chi connectivity index (χ1v) is 7.63. The van der Waals surface area contributed by atoms with Crippen LogP contribution in [0.4, 0.5) is 0 Å². The van der Waals surface area contributed by atoms with Crippen LogP contribution in [0.5, 0.6) is 0 Å². The van der Waals surface area contributed by atoms with Crippen molar-refractivity contribution in [3.05, 3.63) is 22.4 Å². The second kappa shape index (κ2) is 4.94. The first kappa shape index (κ1) is 13.2. The quantitative estimate of drug-likeness (QED) is 0.856. The van der Waals surface area contributed by atoms with Crippen molar-refractivity contribution in [2.24, 2.45) is 0 Å². The molecule has 2 heterocycles. The maximum absolute atomic E-state index is 12.7. The lowest BCUT2D eigenvalue weighted by Gasteiger charge is -2.27. The van der Waals surface area contributed by atoms with Crippen LogP contribution in [0.2, 0.25) is 0 Å². The van der Waals surface area contributed by atoms with Gasteiger partial charge in [-0.05, 0) is 48.2 Å². The molecule has 1 aliphatic carbocycles. The Morgan fingerprint density at radius 1 is 1.47 bits per heavy atom. The Morgan fingerprint density at radius 3 is 2.79 bits per heavy atom. The number of halogens is 1. The van der Waals surface area contributed by atoms with Crippen molar-refractivity contribution < 1.29 is 9.53 Å². The van der Waals surface area contributed by atoms with Gasteiger partial charge in [-0.1, -0.05) is 0 Å². The number of carbonyl (C=O) groups is 1. The lowest BCUT2D eigenvalue weighted by molar-refractivity contribution is 0.0565. The van der Waals surface area contributed by atoms with Gasteiger partial charge in [0.05, 0.1) is 12.1 Å². The van der Waals surface area contributed by atoms with Crippen molar-refractivity contribution in [1.29, 1.82) is 0 Å². The van der Waals surface area contributed by atoms with E-state index in [2.05, 4.69) is 20.5 Å². The molecule has 1 aromatic rings. The monoisotopic (exact) mass is 326 g/mol. The van der Waals surface area contributed by atoms with Gasteiger partial charge in [0.15, 0.2) is 0 Å². The van der Waals surface area contributed by atoms with Crippen molar-refractivity contribution in [2.45, 2.75) is 44.4 Å². The van der Waals surface area contributed by atoms with E-state index in [0.717, 1.165) is 23.2 Å². The van der Waals surface area contributed by atoms with Crippen LogP contribution in [-0.2, 0) is 4.74 Å². The molecule has 4 nitrogen and oxygen atoms in total. The third kappa shape index (κ3) is 2.46. The lowest BCUT2D eigenvalue weighted by atomic mass is 10.1. The summed E-state index contributed by atoms with van der Waals surface area (Å²) in [6.45, 7) is 2.79. The summed E-state index contributed by atoms with van der Waals surface area (Å²) in [6, 6.07) is 2.63. The van der Waals surface area contributed by atoms with Crippen LogP contribution < -0.4 is 0 Å². The van der Waals surface area contributed by atoms with Crippen LogP contribution >= 0.6 is 15.9 Å². The van der Waals surface area contributed by atoms with E-state index in [0.29, 0.717) is 6.04 Å². The Bertz CT molecular complexity index is 496. The normalized spacial score (nSPS) is 26.7. The second-order valence-electron chi connectivity index (χ2n) is 5.53. The van der Waals surface area contributed by atoms with Crippen LogP contribution in [0.3, 0.4) is 0 Å². The summed E-state index contributed by atoms with van der Waals surface area (Å²) in [5.41, 5.74) is 0.788. The van der Waals surface area contributed by atoms with Crippen molar-refractivity contribution in [1.82, 2.24) is 9.47 Å². The molecule has 0 radical (unpaired) electrons. The third-order valence-electron chi connectivity index (χ3n) is 4.13. The molecule has 2 fully saturated rings. The molecule has 19 heavy (non-hydrogen) atoms. The van der Waals surface area contributed by atoms with Crippen LogP contribution in [-0.4, -0.2) is 41.2 Å². The van der Waals surface area contributed by atoms with Crippen molar-refractivity contribution in [3.63, 3.8) is 0 Å². The van der Waals surface area contributed by atoms with E-state index in [4.69, 9.17) is 4.74 Å². The number of likely N-dealkylation sites (N-methyl/N-ethyl adjacent to an activating group) is 1. The van der Waals surface area contributed by atoms with Crippen molar-refractivity contribution >= 4 is 21.8 Å². The van der Waals surface area contributed by atoms with Gasteiger partial charge < -0.3 is 14.2 Å². The van der Waals surface area contributed by atoms with Gasteiger partial charge in [-0.25, -0.2) is 0 Å². The summed E-state index contributed by atoms with van der Waals surface area (Å²) in [5, 5.41) is 0. The number of rotatable bonds is 3. The van der Waals surface area contributed by atoms with E-state index in [9.17, 15) is 4.79 Å². The van der Waals surface area contributed by atoms with E-state index in [1.807, 2.05) is 31.1 Å². The number of nitrogens with zero attached hydrogens (tertiary/aromatic N) is 2. The molecule has 3 rings (SSSR count). The van der Waals surface area contributed by atoms with Crippen LogP contribution in [0.15, 0.2) is 16.7 Å². The fourth-order valence-corrected chi connectivity index (χ4v) is 3.27. The Morgan fingerprint density at radius 2 is 2.21 bits per heavy atom. The zero-order valence-corrected chi connectivity index (χ0v) is 12.9. The SMILES string of the molecule is CC1OCCC1N(C)C(=O)c1cc(Br)cn1C1CC1. The highest BCUT2D eigenvalue weighted by atomic mass is 79.9. The standard InChI is InChI=1S/C14H19BrN2O2/c1-9-12(5-6-19-9)16(2)14(18)13-7-10(15)8-17(13)11-3-4-11/h7-9,11-12H,3-6H2,1-2H3. The topological polar surface area (TPSA) is 34.5 Å². The summed E-state index contributed by atoms with van der Waals surface area (Å²) < 4.78 is 8.65. The van der Waals surface area contributed by atoms with Crippen molar-refractivity contribution in [3.8, 4) is 0 Å². The van der Waals surface area contributed by atoms with Crippen molar-refractivity contribution in [2.75, 3.05) is 13.7 Å². The second-order valence-corrected chi connectivity index (χ2v) is 6.45. The molecule has 1 saturated carbocycles. The minimum atomic E-state index is 0.0972. The largest absolute Gasteiger partial charge is 0.376 e. The molecule has 104 valence electrons. The first-order chi connectivity index (χ1) is 9.08. The predicted molar refractivity (Wildman–Crippen MR) is 76.3 cm³/mol. The maximum atomic E-state index is 12.7. The molecule has 5 heteroatoms. The Hall–Kier alpha value is -0.810. The number of hydrogen-bond acceptors (Lipinski definition) is 2. The number of carbonyl (C=O) groups excluding carboxylic acids is 1. The zero-order valence-electron chi connectivity index (χ0n) is 11.3. The molecule has 0 N–H and O–H groups in total. The number of amides is 1. The van der Waals surface area contributed by atoms with E-state index in [1.165, 1.54) is 12.8 Å². The molecule has 2 atom stereocenters. The first-order valence-electron chi connectivity index (χ1n) is 6.84. The molecular weight excluding hydrogens is 308 g/mol. The summed E-state index contributed by atoms with van der Waals surface area (Å²) in [7, 11) is 1.89. The molecule has 2 unspecified atom stereocenters. The molecule has 1 aliphatic heterocycles. The van der Waals surface area contributed by atoms with E-state index < -0.39 is 0 Å². The summed E-state index contributed by atoms with van der Waals surface area (Å²) in [6.07, 6.45) is 5.42. The van der Waals surface area contributed by atoms with Gasteiger partial charge in [0.2, 0.25) is 0 Å². The Balaban J connectivity index is 1.83. The predicted octanol–water partition coefficient (Wildman–Crippen LogP) is 2.83. The Labute approximate surface area is 121 Å². The van der Waals surface area contributed by atoms with Crippen LogP contribution in [0.1, 0.15) is 42.7 Å². The molecular formula is C14H19BrN2O2. The molecule has 1 saturated heterocycles. The van der Waals surface area contributed by atoms with Gasteiger partial charge in [0.1, 0.15) is 5.69 Å². The fraction of sp³-hybridized carbons (Fsp3) is 0.643. The average molecular weight is 327 g/mol. The van der Waals surface area contributed by atoms with Gasteiger partial charge in [0.25, 0.3) is 5.91 Å². The minimum absolute atomic E-state index is 0.0972. The van der Waals surface area contributed by atoms with Crippen LogP contribution in [0, 0.1) is 0 Å². The molecule has 0 spiro atoms. The average Bonchev–Trinajstić information content (AvgIpc) is 3.03. The van der Waals surface area contributed by atoms with E-state index in [1.54, 1.807) is 0 Å². The van der Waals surface area contributed by atoms with Crippen LogP contribution in [0.25, 0.3) is 0 Å². The number of ether oxygens (including phenoxy) is 1. The highest BCUT2D eigenvalue weighted by Crippen LogP contribution is 2.38. The zero-order chi connectivity index (χ0) is 13.6. The number of hydrogen-bond donors (Lipinski definition) is 0. The molecule has 1 aromatic heterocycles. The number of aromatic nitrogens is 1. The highest BCUT2D eigenvalue weighted by Gasteiger charge is 2.34. The lowest BCUT2D eigenvalue weighted by Crippen LogP contribution is -2.41. The highest BCUT2D eigenvalue weighted by molar-refractivity contribution is 9.10. The summed E-state index contributed by atoms with van der Waals surface area (Å²) >= 11 is 3.48. The fourth-order valence-electron chi connectivity index (χ4n) is 2.83. The van der Waals surface area contributed by atoms with E-state index in [-0.39, 0.29) is 18.1 Å². The molecule has 1 amide bonds. The Kier molecular flexibility index (Phi) is 3.43. The minimum Gasteiger partial charge on any atom is -0.376 e. The smallest absolute Gasteiger partial charge is 0.270 e. The van der Waals surface area contributed by atoms with Gasteiger partial charge in [-0.3, -0.25) is 4.79 Å². The summed E-state index contributed by atoms with van der Waals surface area (Å²) in [5.74, 6) is 0.0972. The molecule has 0 bridgehead atoms. The van der Waals surface area contributed by atoms with Gasteiger partial charge in [-0.2, -0.15) is 0 Å².